The fourth-order valence-electron chi connectivity index (χ4n) is 2.76. The molecule has 2 unspecified atom stereocenters. The van der Waals surface area contributed by atoms with Crippen molar-refractivity contribution >= 4 is 5.82 Å². The zero-order chi connectivity index (χ0) is 13.1. The molecule has 1 heterocycles. The van der Waals surface area contributed by atoms with E-state index < -0.39 is 0 Å². The van der Waals surface area contributed by atoms with Crippen LogP contribution in [0.4, 0.5) is 5.82 Å². The molecule has 100 valence electrons. The summed E-state index contributed by atoms with van der Waals surface area (Å²) in [4.78, 5) is 11.2. The van der Waals surface area contributed by atoms with Gasteiger partial charge in [-0.05, 0) is 26.2 Å². The SMILES string of the molecule is CCc1cc(N(C)C2CCCCC2N)nc(C)n1. The van der Waals surface area contributed by atoms with E-state index in [2.05, 4.69) is 34.9 Å². The highest BCUT2D eigenvalue weighted by Crippen LogP contribution is 2.24. The minimum atomic E-state index is 0.268. The first-order valence-corrected chi connectivity index (χ1v) is 6.94. The quantitative estimate of drug-likeness (QED) is 0.889. The van der Waals surface area contributed by atoms with Gasteiger partial charge in [0, 0.05) is 30.9 Å². The average Bonchev–Trinajstić information content (AvgIpc) is 2.37. The molecule has 1 aromatic rings. The summed E-state index contributed by atoms with van der Waals surface area (Å²) in [6, 6.07) is 2.77. The van der Waals surface area contributed by atoms with E-state index in [-0.39, 0.29) is 6.04 Å². The number of rotatable bonds is 3. The molecule has 1 saturated carbocycles. The number of hydrogen-bond donors (Lipinski definition) is 1. The maximum Gasteiger partial charge on any atom is 0.132 e. The van der Waals surface area contributed by atoms with Gasteiger partial charge in [0.25, 0.3) is 0 Å². The first-order valence-electron chi connectivity index (χ1n) is 6.94. The molecule has 2 atom stereocenters. The molecule has 0 aromatic carbocycles. The minimum Gasteiger partial charge on any atom is -0.355 e. The molecular formula is C14H24N4. The van der Waals surface area contributed by atoms with Crippen LogP contribution in [0.1, 0.15) is 44.1 Å². The van der Waals surface area contributed by atoms with Crippen molar-refractivity contribution < 1.29 is 0 Å². The van der Waals surface area contributed by atoms with E-state index in [1.165, 1.54) is 19.3 Å². The second kappa shape index (κ2) is 5.65. The Morgan fingerprint density at radius 2 is 2.06 bits per heavy atom. The van der Waals surface area contributed by atoms with Crippen molar-refractivity contribution in [3.8, 4) is 0 Å². The number of nitrogens with zero attached hydrogens (tertiary/aromatic N) is 3. The topological polar surface area (TPSA) is 55.0 Å². The number of aromatic nitrogens is 2. The van der Waals surface area contributed by atoms with Crippen LogP contribution >= 0.6 is 0 Å². The summed E-state index contributed by atoms with van der Waals surface area (Å²) in [7, 11) is 2.11. The van der Waals surface area contributed by atoms with Crippen molar-refractivity contribution in [1.29, 1.82) is 0 Å². The monoisotopic (exact) mass is 248 g/mol. The van der Waals surface area contributed by atoms with E-state index in [1.807, 2.05) is 6.92 Å². The second-order valence-electron chi connectivity index (χ2n) is 5.24. The maximum absolute atomic E-state index is 6.24. The van der Waals surface area contributed by atoms with Crippen molar-refractivity contribution in [2.24, 2.45) is 5.73 Å². The molecule has 0 bridgehead atoms. The molecule has 0 saturated heterocycles. The lowest BCUT2D eigenvalue weighted by molar-refractivity contribution is 0.372. The Morgan fingerprint density at radius 3 is 2.72 bits per heavy atom. The molecular weight excluding hydrogens is 224 g/mol. The summed E-state index contributed by atoms with van der Waals surface area (Å²) in [6.45, 7) is 4.08. The first-order chi connectivity index (χ1) is 8.61. The molecule has 1 fully saturated rings. The highest BCUT2D eigenvalue weighted by molar-refractivity contribution is 5.41. The Hall–Kier alpha value is -1.16. The van der Waals surface area contributed by atoms with Gasteiger partial charge in [-0.1, -0.05) is 19.8 Å². The standard InChI is InChI=1S/C14H24N4/c1-4-11-9-14(17-10(2)16-11)18(3)13-8-6-5-7-12(13)15/h9,12-13H,4-8,15H2,1-3H3. The van der Waals surface area contributed by atoms with Crippen LogP contribution in [0.3, 0.4) is 0 Å². The lowest BCUT2D eigenvalue weighted by atomic mass is 9.90. The summed E-state index contributed by atoms with van der Waals surface area (Å²) in [5.74, 6) is 1.86. The highest BCUT2D eigenvalue weighted by Gasteiger charge is 2.26. The molecule has 1 aliphatic carbocycles. The molecule has 4 heteroatoms. The van der Waals surface area contributed by atoms with E-state index in [4.69, 9.17) is 5.73 Å². The van der Waals surface area contributed by atoms with Gasteiger partial charge in [0.05, 0.1) is 0 Å². The summed E-state index contributed by atoms with van der Waals surface area (Å²) in [5, 5.41) is 0. The van der Waals surface area contributed by atoms with Crippen molar-refractivity contribution in [2.45, 2.75) is 58.0 Å². The largest absolute Gasteiger partial charge is 0.355 e. The van der Waals surface area contributed by atoms with Gasteiger partial charge in [-0.3, -0.25) is 0 Å². The molecule has 1 aliphatic rings. The van der Waals surface area contributed by atoms with Crippen LogP contribution < -0.4 is 10.6 Å². The Balaban J connectivity index is 2.21. The smallest absolute Gasteiger partial charge is 0.132 e. The number of hydrogen-bond acceptors (Lipinski definition) is 4. The predicted molar refractivity (Wildman–Crippen MR) is 74.8 cm³/mol. The van der Waals surface area contributed by atoms with Crippen LogP contribution in [0.2, 0.25) is 0 Å². The Bertz CT molecular complexity index is 405. The van der Waals surface area contributed by atoms with Crippen molar-refractivity contribution in [3.63, 3.8) is 0 Å². The summed E-state index contributed by atoms with van der Waals surface area (Å²) in [6.07, 6.45) is 5.77. The van der Waals surface area contributed by atoms with Crippen LogP contribution in [0, 0.1) is 6.92 Å². The van der Waals surface area contributed by atoms with Gasteiger partial charge in [-0.2, -0.15) is 0 Å². The van der Waals surface area contributed by atoms with Gasteiger partial charge in [0.15, 0.2) is 0 Å². The third-order valence-corrected chi connectivity index (χ3v) is 3.88. The fourth-order valence-corrected chi connectivity index (χ4v) is 2.76. The lowest BCUT2D eigenvalue weighted by Gasteiger charge is -2.36. The van der Waals surface area contributed by atoms with Crippen molar-refractivity contribution in [1.82, 2.24) is 9.97 Å². The predicted octanol–water partition coefficient (Wildman–Crippen LogP) is 2.05. The zero-order valence-corrected chi connectivity index (χ0v) is 11.7. The van der Waals surface area contributed by atoms with Crippen molar-refractivity contribution in [3.05, 3.63) is 17.6 Å². The van der Waals surface area contributed by atoms with Gasteiger partial charge in [-0.25, -0.2) is 9.97 Å². The lowest BCUT2D eigenvalue weighted by Crippen LogP contribution is -2.48. The molecule has 18 heavy (non-hydrogen) atoms. The molecule has 0 aliphatic heterocycles. The normalized spacial score (nSPS) is 24.0. The number of aryl methyl sites for hydroxylation is 2. The van der Waals surface area contributed by atoms with Crippen LogP contribution in [-0.2, 0) is 6.42 Å². The molecule has 0 amide bonds. The van der Waals surface area contributed by atoms with Gasteiger partial charge >= 0.3 is 0 Å². The molecule has 1 aromatic heterocycles. The van der Waals surface area contributed by atoms with E-state index in [9.17, 15) is 0 Å². The third-order valence-electron chi connectivity index (χ3n) is 3.88. The first kappa shape index (κ1) is 13.3. The number of nitrogens with two attached hydrogens (primary N) is 1. The molecule has 0 radical (unpaired) electrons. The van der Waals surface area contributed by atoms with E-state index >= 15 is 0 Å². The number of likely N-dealkylation sites (N-methyl/N-ethyl adjacent to an activating group) is 1. The van der Waals surface area contributed by atoms with Crippen LogP contribution in [0.25, 0.3) is 0 Å². The maximum atomic E-state index is 6.24. The summed E-state index contributed by atoms with van der Waals surface area (Å²) < 4.78 is 0. The zero-order valence-electron chi connectivity index (χ0n) is 11.7. The second-order valence-corrected chi connectivity index (χ2v) is 5.24. The molecule has 2 N–H and O–H groups in total. The van der Waals surface area contributed by atoms with Crippen LogP contribution in [0.15, 0.2) is 6.07 Å². The Labute approximate surface area is 110 Å². The van der Waals surface area contributed by atoms with Crippen molar-refractivity contribution in [2.75, 3.05) is 11.9 Å². The average molecular weight is 248 g/mol. The Morgan fingerprint density at radius 1 is 1.33 bits per heavy atom. The highest BCUT2D eigenvalue weighted by atomic mass is 15.2. The summed E-state index contributed by atoms with van der Waals surface area (Å²) in [5.41, 5.74) is 7.35. The number of anilines is 1. The molecule has 0 spiro atoms. The van der Waals surface area contributed by atoms with Gasteiger partial charge in [-0.15, -0.1) is 0 Å². The van der Waals surface area contributed by atoms with Gasteiger partial charge in [0.2, 0.25) is 0 Å². The minimum absolute atomic E-state index is 0.268. The van der Waals surface area contributed by atoms with Crippen LogP contribution in [0.5, 0.6) is 0 Å². The van der Waals surface area contributed by atoms with Crippen LogP contribution in [-0.4, -0.2) is 29.1 Å². The van der Waals surface area contributed by atoms with Gasteiger partial charge < -0.3 is 10.6 Å². The van der Waals surface area contributed by atoms with E-state index in [0.29, 0.717) is 6.04 Å². The molecule has 2 rings (SSSR count). The van der Waals surface area contributed by atoms with E-state index in [0.717, 1.165) is 30.2 Å². The summed E-state index contributed by atoms with van der Waals surface area (Å²) >= 11 is 0. The fraction of sp³-hybridized carbons (Fsp3) is 0.714. The third kappa shape index (κ3) is 2.80. The van der Waals surface area contributed by atoms with E-state index in [1.54, 1.807) is 0 Å². The molecule has 4 nitrogen and oxygen atoms in total. The van der Waals surface area contributed by atoms with Gasteiger partial charge in [0.1, 0.15) is 11.6 Å². The Kier molecular flexibility index (Phi) is 4.17.